The van der Waals surface area contributed by atoms with Crippen LogP contribution in [0.2, 0.25) is 0 Å². The summed E-state index contributed by atoms with van der Waals surface area (Å²) in [4.78, 5) is 15.0. The number of amides is 2. The molecule has 0 spiro atoms. The zero-order valence-electron chi connectivity index (χ0n) is 16.8. The molecule has 144 valence electrons. The van der Waals surface area contributed by atoms with Crippen LogP contribution in [-0.4, -0.2) is 28.1 Å². The number of carbonyl (C=O) groups excluding carboxylic acids is 1. The summed E-state index contributed by atoms with van der Waals surface area (Å²) in [5.41, 5.74) is 2.12. The number of carbonyl (C=O) groups is 1. The lowest BCUT2D eigenvalue weighted by Crippen LogP contribution is -2.64. The van der Waals surface area contributed by atoms with Crippen molar-refractivity contribution in [1.29, 1.82) is 0 Å². The van der Waals surface area contributed by atoms with E-state index < -0.39 is 0 Å². The highest BCUT2D eigenvalue weighted by Gasteiger charge is 2.45. The smallest absolute Gasteiger partial charge is 0.319 e. The number of para-hydroxylation sites is 1. The minimum Gasteiger partial charge on any atom is -0.335 e. The van der Waals surface area contributed by atoms with E-state index in [1.165, 1.54) is 5.56 Å². The normalized spacial score (nSPS) is 19.4. The van der Waals surface area contributed by atoms with Crippen molar-refractivity contribution < 1.29 is 4.79 Å². The third-order valence-electron chi connectivity index (χ3n) is 5.50. The van der Waals surface area contributed by atoms with Gasteiger partial charge in [-0.15, -0.1) is 0 Å². The third kappa shape index (κ3) is 4.89. The van der Waals surface area contributed by atoms with E-state index in [2.05, 4.69) is 73.6 Å². The molecule has 0 bridgehead atoms. The van der Waals surface area contributed by atoms with Gasteiger partial charge in [-0.25, -0.2) is 4.79 Å². The molecule has 1 saturated heterocycles. The van der Waals surface area contributed by atoms with Crippen LogP contribution in [0.4, 0.5) is 10.5 Å². The number of rotatable bonds is 4. The highest BCUT2D eigenvalue weighted by molar-refractivity contribution is 5.89. The summed E-state index contributed by atoms with van der Waals surface area (Å²) in [6.45, 7) is 10.0. The fourth-order valence-corrected chi connectivity index (χ4v) is 4.49. The molecule has 0 atom stereocenters. The van der Waals surface area contributed by atoms with E-state index >= 15 is 0 Å². The molecule has 0 saturated carbocycles. The predicted octanol–water partition coefficient (Wildman–Crippen LogP) is 5.03. The summed E-state index contributed by atoms with van der Waals surface area (Å²) in [6, 6.07) is 20.2. The number of piperidine rings is 1. The lowest BCUT2D eigenvalue weighted by molar-refractivity contribution is -0.0454. The van der Waals surface area contributed by atoms with Crippen LogP contribution in [0.5, 0.6) is 0 Å². The SMILES string of the molecule is CC1(C)CC(NC(=O)Nc2ccccc2)CC(C)(C)N1Cc1ccccc1. The van der Waals surface area contributed by atoms with Crippen LogP contribution in [-0.2, 0) is 6.54 Å². The first-order chi connectivity index (χ1) is 12.8. The van der Waals surface area contributed by atoms with Gasteiger partial charge in [0.1, 0.15) is 0 Å². The Morgan fingerprint density at radius 3 is 2.00 bits per heavy atom. The molecule has 2 N–H and O–H groups in total. The summed E-state index contributed by atoms with van der Waals surface area (Å²) in [5.74, 6) is 0. The maximum Gasteiger partial charge on any atom is 0.319 e. The van der Waals surface area contributed by atoms with E-state index in [4.69, 9.17) is 0 Å². The highest BCUT2D eigenvalue weighted by atomic mass is 16.2. The Morgan fingerprint density at radius 2 is 1.44 bits per heavy atom. The number of hydrogen-bond donors (Lipinski definition) is 2. The standard InChI is InChI=1S/C23H31N3O/c1-22(2)15-20(25-21(27)24-19-13-9-6-10-14-19)16-23(3,4)26(22)17-18-11-7-5-8-12-18/h5-14,20H,15-17H2,1-4H3,(H2,24,25,27). The molecule has 4 heteroatoms. The fraction of sp³-hybridized carbons (Fsp3) is 0.435. The Hall–Kier alpha value is -2.33. The van der Waals surface area contributed by atoms with E-state index in [1.807, 2.05) is 30.3 Å². The first kappa shape index (κ1) is 19.4. The van der Waals surface area contributed by atoms with Crippen molar-refractivity contribution in [3.63, 3.8) is 0 Å². The van der Waals surface area contributed by atoms with Crippen LogP contribution >= 0.6 is 0 Å². The second-order valence-electron chi connectivity index (χ2n) is 8.77. The Bertz CT molecular complexity index is 738. The number of nitrogens with zero attached hydrogens (tertiary/aromatic N) is 1. The molecule has 2 amide bonds. The number of urea groups is 1. The van der Waals surface area contributed by atoms with Crippen molar-refractivity contribution in [3.05, 3.63) is 66.2 Å². The Kier molecular flexibility index (Phi) is 5.56. The van der Waals surface area contributed by atoms with Crippen LogP contribution in [0.25, 0.3) is 0 Å². The second kappa shape index (κ2) is 7.73. The largest absolute Gasteiger partial charge is 0.335 e. The number of benzene rings is 2. The average molecular weight is 366 g/mol. The summed E-state index contributed by atoms with van der Waals surface area (Å²) < 4.78 is 0. The zero-order chi connectivity index (χ0) is 19.5. The van der Waals surface area contributed by atoms with Crippen molar-refractivity contribution in [2.45, 2.75) is 64.2 Å². The first-order valence-corrected chi connectivity index (χ1v) is 9.70. The molecule has 4 nitrogen and oxygen atoms in total. The topological polar surface area (TPSA) is 44.4 Å². The molecule has 1 fully saturated rings. The first-order valence-electron chi connectivity index (χ1n) is 9.70. The van der Waals surface area contributed by atoms with Gasteiger partial charge >= 0.3 is 6.03 Å². The van der Waals surface area contributed by atoms with Crippen molar-refractivity contribution in [1.82, 2.24) is 10.2 Å². The van der Waals surface area contributed by atoms with Crippen LogP contribution in [0.15, 0.2) is 60.7 Å². The number of nitrogens with one attached hydrogen (secondary N) is 2. The van der Waals surface area contributed by atoms with E-state index in [0.717, 1.165) is 25.1 Å². The minimum atomic E-state index is -0.130. The lowest BCUT2D eigenvalue weighted by atomic mass is 9.76. The molecule has 2 aromatic carbocycles. The molecule has 3 rings (SSSR count). The fourth-order valence-electron chi connectivity index (χ4n) is 4.49. The molecular formula is C23H31N3O. The molecule has 1 heterocycles. The zero-order valence-corrected chi connectivity index (χ0v) is 16.8. The van der Waals surface area contributed by atoms with Crippen molar-refractivity contribution in [2.75, 3.05) is 5.32 Å². The van der Waals surface area contributed by atoms with Crippen molar-refractivity contribution in [3.8, 4) is 0 Å². The Balaban J connectivity index is 1.67. The molecule has 1 aliphatic heterocycles. The van der Waals surface area contributed by atoms with E-state index in [1.54, 1.807) is 0 Å². The summed E-state index contributed by atoms with van der Waals surface area (Å²) in [6.07, 6.45) is 1.84. The molecule has 0 radical (unpaired) electrons. The van der Waals surface area contributed by atoms with E-state index in [0.29, 0.717) is 0 Å². The molecule has 1 aliphatic rings. The monoisotopic (exact) mass is 365 g/mol. The summed E-state index contributed by atoms with van der Waals surface area (Å²) >= 11 is 0. The van der Waals surface area contributed by atoms with Crippen molar-refractivity contribution in [2.24, 2.45) is 0 Å². The van der Waals surface area contributed by atoms with E-state index in [9.17, 15) is 4.79 Å². The summed E-state index contributed by atoms with van der Waals surface area (Å²) in [5, 5.41) is 6.12. The van der Waals surface area contributed by atoms with Gasteiger partial charge in [0.05, 0.1) is 0 Å². The van der Waals surface area contributed by atoms with Gasteiger partial charge in [-0.2, -0.15) is 0 Å². The number of likely N-dealkylation sites (tertiary alicyclic amines) is 1. The van der Waals surface area contributed by atoms with Crippen LogP contribution < -0.4 is 10.6 Å². The Morgan fingerprint density at radius 1 is 0.926 bits per heavy atom. The molecule has 2 aromatic rings. The third-order valence-corrected chi connectivity index (χ3v) is 5.50. The number of hydrogen-bond acceptors (Lipinski definition) is 2. The summed E-state index contributed by atoms with van der Waals surface area (Å²) in [7, 11) is 0. The van der Waals surface area contributed by atoms with Gasteiger partial charge in [-0.3, -0.25) is 4.90 Å². The van der Waals surface area contributed by atoms with Gasteiger partial charge in [0.25, 0.3) is 0 Å². The minimum absolute atomic E-state index is 0.0116. The second-order valence-corrected chi connectivity index (χ2v) is 8.77. The van der Waals surface area contributed by atoms with Gasteiger partial charge in [0.2, 0.25) is 0 Å². The van der Waals surface area contributed by atoms with Crippen LogP contribution in [0.1, 0.15) is 46.1 Å². The van der Waals surface area contributed by atoms with Gasteiger partial charge in [-0.1, -0.05) is 48.5 Å². The van der Waals surface area contributed by atoms with E-state index in [-0.39, 0.29) is 23.2 Å². The molecule has 0 aromatic heterocycles. The maximum atomic E-state index is 12.4. The Labute approximate surface area is 163 Å². The molecule has 0 aliphatic carbocycles. The predicted molar refractivity (Wildman–Crippen MR) is 112 cm³/mol. The van der Waals surface area contributed by atoms with Gasteiger partial charge in [0, 0.05) is 29.4 Å². The maximum absolute atomic E-state index is 12.4. The quantitative estimate of drug-likeness (QED) is 0.798. The highest BCUT2D eigenvalue weighted by Crippen LogP contribution is 2.39. The molecular weight excluding hydrogens is 334 g/mol. The molecule has 27 heavy (non-hydrogen) atoms. The van der Waals surface area contributed by atoms with Gasteiger partial charge in [-0.05, 0) is 58.2 Å². The van der Waals surface area contributed by atoms with Gasteiger partial charge in [0.15, 0.2) is 0 Å². The van der Waals surface area contributed by atoms with Crippen LogP contribution in [0.3, 0.4) is 0 Å². The molecule has 0 unspecified atom stereocenters. The lowest BCUT2D eigenvalue weighted by Gasteiger charge is -2.55. The average Bonchev–Trinajstić information content (AvgIpc) is 2.59. The van der Waals surface area contributed by atoms with Crippen molar-refractivity contribution >= 4 is 11.7 Å². The van der Waals surface area contributed by atoms with Gasteiger partial charge < -0.3 is 10.6 Å². The van der Waals surface area contributed by atoms with Crippen LogP contribution in [0, 0.1) is 0 Å². The number of anilines is 1.